The second-order valence-electron chi connectivity index (χ2n) is 4.55. The summed E-state index contributed by atoms with van der Waals surface area (Å²) in [4.78, 5) is 2.47. The zero-order valence-electron chi connectivity index (χ0n) is 11.3. The number of aliphatic hydroxyl groups excluding tert-OH is 1. The Morgan fingerprint density at radius 1 is 1.32 bits per heavy atom. The molecular formula is C13H24Cl2N2O2. The van der Waals surface area contributed by atoms with Crippen LogP contribution in [0.15, 0.2) is 16.5 Å². The van der Waals surface area contributed by atoms with Crippen molar-refractivity contribution in [3.05, 3.63) is 23.7 Å². The van der Waals surface area contributed by atoms with E-state index in [1.165, 1.54) is 0 Å². The Balaban J connectivity index is 0.00000162. The van der Waals surface area contributed by atoms with Crippen molar-refractivity contribution in [3.63, 3.8) is 0 Å². The molecule has 1 saturated heterocycles. The summed E-state index contributed by atoms with van der Waals surface area (Å²) >= 11 is 0. The molecule has 2 N–H and O–H groups in total. The van der Waals surface area contributed by atoms with Crippen LogP contribution in [0.5, 0.6) is 0 Å². The first kappa shape index (κ1) is 18.7. The summed E-state index contributed by atoms with van der Waals surface area (Å²) in [7, 11) is 0. The van der Waals surface area contributed by atoms with Gasteiger partial charge in [-0.25, -0.2) is 0 Å². The number of hydrogen-bond acceptors (Lipinski definition) is 4. The highest BCUT2D eigenvalue weighted by atomic mass is 35.5. The van der Waals surface area contributed by atoms with Crippen molar-refractivity contribution < 1.29 is 9.52 Å². The average Bonchev–Trinajstić information content (AvgIpc) is 2.85. The van der Waals surface area contributed by atoms with Crippen molar-refractivity contribution >= 4 is 24.8 Å². The van der Waals surface area contributed by atoms with Crippen LogP contribution < -0.4 is 5.32 Å². The molecule has 6 heteroatoms. The van der Waals surface area contributed by atoms with E-state index in [0.29, 0.717) is 11.8 Å². The third-order valence-electron chi connectivity index (χ3n) is 3.32. The first-order valence-electron chi connectivity index (χ1n) is 6.49. The van der Waals surface area contributed by atoms with Crippen LogP contribution in [0.1, 0.15) is 37.3 Å². The quantitative estimate of drug-likeness (QED) is 0.876. The smallest absolute Gasteiger partial charge is 0.129 e. The van der Waals surface area contributed by atoms with Crippen LogP contribution in [-0.2, 0) is 6.61 Å². The van der Waals surface area contributed by atoms with E-state index in [1.54, 1.807) is 0 Å². The molecule has 1 aliphatic heterocycles. The van der Waals surface area contributed by atoms with E-state index < -0.39 is 0 Å². The fourth-order valence-corrected chi connectivity index (χ4v) is 2.43. The summed E-state index contributed by atoms with van der Waals surface area (Å²) < 4.78 is 5.69. The highest BCUT2D eigenvalue weighted by molar-refractivity contribution is 5.85. The van der Waals surface area contributed by atoms with Gasteiger partial charge in [0.2, 0.25) is 0 Å². The first-order chi connectivity index (χ1) is 8.35. The zero-order chi connectivity index (χ0) is 12.1. The maximum atomic E-state index is 9.06. The Bertz CT molecular complexity index is 341. The molecule has 19 heavy (non-hydrogen) atoms. The van der Waals surface area contributed by atoms with Gasteiger partial charge in [-0.1, -0.05) is 13.3 Å². The molecule has 2 rings (SSSR count). The molecular weight excluding hydrogens is 287 g/mol. The van der Waals surface area contributed by atoms with Gasteiger partial charge < -0.3 is 14.8 Å². The van der Waals surface area contributed by atoms with E-state index in [0.717, 1.165) is 44.8 Å². The van der Waals surface area contributed by atoms with Crippen molar-refractivity contribution in [3.8, 4) is 0 Å². The number of aliphatic hydroxyl groups is 1. The minimum atomic E-state index is -0.0135. The van der Waals surface area contributed by atoms with Crippen LogP contribution in [0, 0.1) is 0 Å². The summed E-state index contributed by atoms with van der Waals surface area (Å²) in [6, 6.07) is 4.25. The van der Waals surface area contributed by atoms with Crippen molar-refractivity contribution in [1.82, 2.24) is 10.2 Å². The number of nitrogens with zero attached hydrogens (tertiary/aromatic N) is 1. The summed E-state index contributed by atoms with van der Waals surface area (Å²) in [5.41, 5.74) is 0. The lowest BCUT2D eigenvalue weighted by molar-refractivity contribution is 0.140. The lowest BCUT2D eigenvalue weighted by Crippen LogP contribution is -2.45. The number of piperazine rings is 1. The van der Waals surface area contributed by atoms with Gasteiger partial charge in [0.15, 0.2) is 0 Å². The second-order valence-corrected chi connectivity index (χ2v) is 4.55. The van der Waals surface area contributed by atoms with E-state index in [4.69, 9.17) is 9.52 Å². The third-order valence-corrected chi connectivity index (χ3v) is 3.32. The van der Waals surface area contributed by atoms with Crippen LogP contribution in [0.25, 0.3) is 0 Å². The van der Waals surface area contributed by atoms with Gasteiger partial charge in [-0.2, -0.15) is 0 Å². The molecule has 1 aromatic heterocycles. The maximum absolute atomic E-state index is 9.06. The minimum Gasteiger partial charge on any atom is -0.462 e. The molecule has 0 bridgehead atoms. The molecule has 0 aliphatic carbocycles. The molecule has 0 spiro atoms. The van der Waals surface area contributed by atoms with Gasteiger partial charge in [0.1, 0.15) is 18.1 Å². The van der Waals surface area contributed by atoms with Crippen LogP contribution >= 0.6 is 24.8 Å². The molecule has 1 atom stereocenters. The van der Waals surface area contributed by atoms with Gasteiger partial charge in [0, 0.05) is 26.2 Å². The van der Waals surface area contributed by atoms with Crippen LogP contribution in [0.3, 0.4) is 0 Å². The maximum Gasteiger partial charge on any atom is 0.129 e. The van der Waals surface area contributed by atoms with E-state index >= 15 is 0 Å². The Kier molecular flexibility index (Phi) is 9.48. The van der Waals surface area contributed by atoms with Crippen molar-refractivity contribution in [2.45, 2.75) is 32.4 Å². The Labute approximate surface area is 127 Å². The number of hydrogen-bond donors (Lipinski definition) is 2. The normalized spacial score (nSPS) is 17.4. The van der Waals surface area contributed by atoms with Crippen molar-refractivity contribution in [2.75, 3.05) is 26.2 Å². The SMILES string of the molecule is CCC[C@H](c1ccc(CO)o1)N1CCNCC1.Cl.Cl. The molecule has 0 radical (unpaired) electrons. The number of nitrogens with one attached hydrogen (secondary N) is 1. The topological polar surface area (TPSA) is 48.6 Å². The molecule has 0 aromatic carbocycles. The highest BCUT2D eigenvalue weighted by Crippen LogP contribution is 2.27. The Hall–Kier alpha value is -0.260. The summed E-state index contributed by atoms with van der Waals surface area (Å²) in [6.45, 7) is 6.42. The Morgan fingerprint density at radius 3 is 2.53 bits per heavy atom. The lowest BCUT2D eigenvalue weighted by atomic mass is 10.1. The minimum absolute atomic E-state index is 0. The molecule has 1 aromatic rings. The molecule has 0 amide bonds. The van der Waals surface area contributed by atoms with Gasteiger partial charge in [0.05, 0.1) is 6.04 Å². The molecule has 1 aliphatic rings. The van der Waals surface area contributed by atoms with Gasteiger partial charge in [-0.15, -0.1) is 24.8 Å². The van der Waals surface area contributed by atoms with E-state index in [9.17, 15) is 0 Å². The molecule has 0 saturated carbocycles. The van der Waals surface area contributed by atoms with E-state index in [1.807, 2.05) is 12.1 Å². The largest absolute Gasteiger partial charge is 0.462 e. The van der Waals surface area contributed by atoms with Crippen LogP contribution in [-0.4, -0.2) is 36.2 Å². The van der Waals surface area contributed by atoms with E-state index in [-0.39, 0.29) is 31.4 Å². The van der Waals surface area contributed by atoms with Gasteiger partial charge in [-0.3, -0.25) is 4.90 Å². The summed E-state index contributed by atoms with van der Waals surface area (Å²) in [5.74, 6) is 1.66. The van der Waals surface area contributed by atoms with Gasteiger partial charge in [-0.05, 0) is 18.6 Å². The highest BCUT2D eigenvalue weighted by Gasteiger charge is 2.23. The fourth-order valence-electron chi connectivity index (χ4n) is 2.43. The number of rotatable bonds is 5. The second kappa shape index (κ2) is 9.61. The molecule has 0 unspecified atom stereocenters. The third kappa shape index (κ3) is 4.97. The number of furan rings is 1. The summed E-state index contributed by atoms with van der Waals surface area (Å²) in [5, 5.41) is 12.4. The standard InChI is InChI=1S/C13H22N2O2.2ClH/c1-2-3-12(15-8-6-14-7-9-15)13-5-4-11(10-16)17-13;;/h4-5,12,14,16H,2-3,6-10H2,1H3;2*1H/t12-;;/m1../s1. The van der Waals surface area contributed by atoms with Gasteiger partial charge >= 0.3 is 0 Å². The Morgan fingerprint density at radius 2 is 2.00 bits per heavy atom. The molecule has 1 fully saturated rings. The van der Waals surface area contributed by atoms with Crippen LogP contribution in [0.2, 0.25) is 0 Å². The van der Waals surface area contributed by atoms with Crippen LogP contribution in [0.4, 0.5) is 0 Å². The number of halogens is 2. The lowest BCUT2D eigenvalue weighted by Gasteiger charge is -2.33. The summed E-state index contributed by atoms with van der Waals surface area (Å²) in [6.07, 6.45) is 2.25. The fraction of sp³-hybridized carbons (Fsp3) is 0.692. The first-order valence-corrected chi connectivity index (χ1v) is 6.49. The molecule has 112 valence electrons. The average molecular weight is 311 g/mol. The predicted octanol–water partition coefficient (Wildman–Crippen LogP) is 2.36. The predicted molar refractivity (Wildman–Crippen MR) is 81.2 cm³/mol. The molecule has 4 nitrogen and oxygen atoms in total. The van der Waals surface area contributed by atoms with Crippen molar-refractivity contribution in [2.24, 2.45) is 0 Å². The van der Waals surface area contributed by atoms with E-state index in [2.05, 4.69) is 17.1 Å². The monoisotopic (exact) mass is 310 g/mol. The zero-order valence-corrected chi connectivity index (χ0v) is 12.9. The van der Waals surface area contributed by atoms with Crippen molar-refractivity contribution in [1.29, 1.82) is 0 Å². The molecule has 2 heterocycles. The van der Waals surface area contributed by atoms with Gasteiger partial charge in [0.25, 0.3) is 0 Å².